The lowest BCUT2D eigenvalue weighted by molar-refractivity contribution is -0.118. The van der Waals surface area contributed by atoms with Gasteiger partial charge in [-0.2, -0.15) is 0 Å². The van der Waals surface area contributed by atoms with E-state index in [2.05, 4.69) is 63.6 Å². The van der Waals surface area contributed by atoms with Gasteiger partial charge in [-0.3, -0.25) is 9.69 Å². The van der Waals surface area contributed by atoms with Crippen LogP contribution in [0.25, 0.3) is 10.8 Å². The molecule has 3 aromatic carbocycles. The molecule has 0 saturated carbocycles. The topological polar surface area (TPSA) is 44.8 Å². The number of nitrogens with zero attached hydrogens (tertiary/aromatic N) is 2. The number of nitrogens with one attached hydrogen (secondary N) is 1. The Labute approximate surface area is 164 Å². The number of hydrogen-bond acceptors (Lipinski definition) is 4. The zero-order valence-electron chi connectivity index (χ0n) is 15.7. The van der Waals surface area contributed by atoms with Crippen molar-refractivity contribution in [2.45, 2.75) is 6.54 Å². The second kappa shape index (κ2) is 7.17. The van der Waals surface area contributed by atoms with Gasteiger partial charge in [0.2, 0.25) is 0 Å². The average molecular weight is 373 g/mol. The number of hydrogen-bond donors (Lipinski definition) is 1. The molecule has 0 bridgehead atoms. The van der Waals surface area contributed by atoms with Crippen molar-refractivity contribution in [3.8, 4) is 5.75 Å². The summed E-state index contributed by atoms with van der Waals surface area (Å²) < 4.78 is 5.54. The van der Waals surface area contributed by atoms with E-state index in [0.29, 0.717) is 0 Å². The summed E-state index contributed by atoms with van der Waals surface area (Å²) in [4.78, 5) is 16.3. The first-order valence-electron chi connectivity index (χ1n) is 9.76. The molecule has 0 aromatic heterocycles. The lowest BCUT2D eigenvalue weighted by Gasteiger charge is -2.36. The van der Waals surface area contributed by atoms with Crippen LogP contribution in [0, 0.1) is 0 Å². The van der Waals surface area contributed by atoms with Gasteiger partial charge in [-0.1, -0.05) is 36.4 Å². The first kappa shape index (κ1) is 17.1. The second-order valence-corrected chi connectivity index (χ2v) is 7.46. The third kappa shape index (κ3) is 3.41. The van der Waals surface area contributed by atoms with Gasteiger partial charge in [0.05, 0.1) is 5.69 Å². The second-order valence-electron chi connectivity index (χ2n) is 7.46. The average Bonchev–Trinajstić information content (AvgIpc) is 2.74. The molecule has 2 heterocycles. The maximum atomic E-state index is 11.4. The van der Waals surface area contributed by atoms with Gasteiger partial charge in [0.1, 0.15) is 5.75 Å². The lowest BCUT2D eigenvalue weighted by Crippen LogP contribution is -2.45. The molecule has 1 amide bonds. The number of piperazine rings is 1. The summed E-state index contributed by atoms with van der Waals surface area (Å²) in [6.07, 6.45) is 0. The van der Waals surface area contributed by atoms with E-state index in [-0.39, 0.29) is 12.5 Å². The monoisotopic (exact) mass is 373 g/mol. The molecule has 2 aliphatic rings. The molecular weight excluding hydrogens is 350 g/mol. The minimum atomic E-state index is -0.0925. The molecule has 3 aromatic rings. The van der Waals surface area contributed by atoms with Crippen LogP contribution in [-0.2, 0) is 11.3 Å². The predicted molar refractivity (Wildman–Crippen MR) is 112 cm³/mol. The summed E-state index contributed by atoms with van der Waals surface area (Å²) in [6, 6.07) is 21.3. The maximum Gasteiger partial charge on any atom is 0.262 e. The van der Waals surface area contributed by atoms with E-state index < -0.39 is 0 Å². The Morgan fingerprint density at radius 1 is 0.893 bits per heavy atom. The minimum absolute atomic E-state index is 0.0925. The number of ether oxygens (including phenoxy) is 1. The summed E-state index contributed by atoms with van der Waals surface area (Å²) >= 11 is 0. The van der Waals surface area contributed by atoms with Crippen molar-refractivity contribution >= 4 is 28.1 Å². The number of rotatable bonds is 3. The molecule has 28 heavy (non-hydrogen) atoms. The molecule has 5 rings (SSSR count). The molecule has 5 heteroatoms. The van der Waals surface area contributed by atoms with E-state index in [1.165, 1.54) is 22.0 Å². The summed E-state index contributed by atoms with van der Waals surface area (Å²) in [5.74, 6) is 0.678. The zero-order valence-corrected chi connectivity index (χ0v) is 15.7. The first-order valence-corrected chi connectivity index (χ1v) is 9.76. The standard InChI is InChI=1S/C23H23N3O2/c27-23-16-28-22-13-17(5-8-21(22)24-23)15-25-9-11-26(12-10-25)20-7-6-18-3-1-2-4-19(18)14-20/h1-8,13-14H,9-12,15-16H2,(H,24,27). The molecule has 0 atom stereocenters. The number of fused-ring (bicyclic) bond motifs is 2. The van der Waals surface area contributed by atoms with Crippen molar-refractivity contribution in [3.05, 3.63) is 66.2 Å². The Morgan fingerprint density at radius 3 is 2.57 bits per heavy atom. The predicted octanol–water partition coefficient (Wildman–Crippen LogP) is 3.49. The van der Waals surface area contributed by atoms with Crippen LogP contribution in [0.2, 0.25) is 0 Å². The highest BCUT2D eigenvalue weighted by Gasteiger charge is 2.20. The van der Waals surface area contributed by atoms with Gasteiger partial charge in [0.15, 0.2) is 6.61 Å². The van der Waals surface area contributed by atoms with Crippen molar-refractivity contribution in [2.24, 2.45) is 0 Å². The van der Waals surface area contributed by atoms with Crippen molar-refractivity contribution < 1.29 is 9.53 Å². The third-order valence-electron chi connectivity index (χ3n) is 5.56. The maximum absolute atomic E-state index is 11.4. The van der Waals surface area contributed by atoms with E-state index in [9.17, 15) is 4.79 Å². The van der Waals surface area contributed by atoms with Gasteiger partial charge >= 0.3 is 0 Å². The fourth-order valence-corrected chi connectivity index (χ4v) is 4.01. The highest BCUT2D eigenvalue weighted by molar-refractivity contribution is 5.95. The van der Waals surface area contributed by atoms with Crippen LogP contribution in [0.1, 0.15) is 5.56 Å². The van der Waals surface area contributed by atoms with Crippen molar-refractivity contribution in [1.82, 2.24) is 4.90 Å². The molecule has 0 spiro atoms. The van der Waals surface area contributed by atoms with Gasteiger partial charge in [0, 0.05) is 38.4 Å². The van der Waals surface area contributed by atoms with Crippen LogP contribution in [0.3, 0.4) is 0 Å². The largest absolute Gasteiger partial charge is 0.482 e. The molecule has 0 unspecified atom stereocenters. The highest BCUT2D eigenvalue weighted by Crippen LogP contribution is 2.29. The first-order chi connectivity index (χ1) is 13.7. The van der Waals surface area contributed by atoms with Gasteiger partial charge in [-0.15, -0.1) is 0 Å². The molecule has 2 aliphatic heterocycles. The van der Waals surface area contributed by atoms with E-state index >= 15 is 0 Å². The number of carbonyl (C=O) groups is 1. The normalized spacial score (nSPS) is 17.1. The van der Waals surface area contributed by atoms with Crippen LogP contribution in [0.15, 0.2) is 60.7 Å². The zero-order chi connectivity index (χ0) is 18.9. The Bertz CT molecular complexity index is 1030. The summed E-state index contributed by atoms with van der Waals surface area (Å²) in [6.45, 7) is 5.10. The highest BCUT2D eigenvalue weighted by atomic mass is 16.5. The van der Waals surface area contributed by atoms with Crippen LogP contribution >= 0.6 is 0 Å². The van der Waals surface area contributed by atoms with Gasteiger partial charge in [-0.25, -0.2) is 0 Å². The van der Waals surface area contributed by atoms with Gasteiger partial charge in [0.25, 0.3) is 5.91 Å². The van der Waals surface area contributed by atoms with E-state index in [4.69, 9.17) is 4.74 Å². The van der Waals surface area contributed by atoms with Crippen molar-refractivity contribution in [2.75, 3.05) is 43.0 Å². The summed E-state index contributed by atoms with van der Waals surface area (Å²) in [7, 11) is 0. The number of anilines is 2. The molecule has 1 saturated heterocycles. The van der Waals surface area contributed by atoms with Crippen molar-refractivity contribution in [1.29, 1.82) is 0 Å². The lowest BCUT2D eigenvalue weighted by atomic mass is 10.1. The Balaban J connectivity index is 1.23. The quantitative estimate of drug-likeness (QED) is 0.763. The van der Waals surface area contributed by atoms with Gasteiger partial charge in [-0.05, 0) is 40.6 Å². The Hall–Kier alpha value is -3.05. The Morgan fingerprint density at radius 2 is 1.71 bits per heavy atom. The summed E-state index contributed by atoms with van der Waals surface area (Å²) in [5.41, 5.74) is 3.28. The number of benzene rings is 3. The van der Waals surface area contributed by atoms with Crippen LogP contribution in [0.4, 0.5) is 11.4 Å². The molecule has 0 radical (unpaired) electrons. The fraction of sp³-hybridized carbons (Fsp3) is 0.261. The molecule has 5 nitrogen and oxygen atoms in total. The van der Waals surface area contributed by atoms with E-state index in [1.54, 1.807) is 0 Å². The number of amides is 1. The fourth-order valence-electron chi connectivity index (χ4n) is 4.01. The third-order valence-corrected chi connectivity index (χ3v) is 5.56. The van der Waals surface area contributed by atoms with Crippen LogP contribution in [0.5, 0.6) is 5.75 Å². The molecule has 0 aliphatic carbocycles. The SMILES string of the molecule is O=C1COc2cc(CN3CCN(c4ccc5ccccc5c4)CC3)ccc2N1. The van der Waals surface area contributed by atoms with E-state index in [1.807, 2.05) is 12.1 Å². The summed E-state index contributed by atoms with van der Waals surface area (Å²) in [5, 5.41) is 5.43. The van der Waals surface area contributed by atoms with Crippen molar-refractivity contribution in [3.63, 3.8) is 0 Å². The smallest absolute Gasteiger partial charge is 0.262 e. The molecular formula is C23H23N3O2. The van der Waals surface area contributed by atoms with Crippen LogP contribution < -0.4 is 15.0 Å². The minimum Gasteiger partial charge on any atom is -0.482 e. The Kier molecular flexibility index (Phi) is 4.37. The number of carbonyl (C=O) groups excluding carboxylic acids is 1. The molecule has 1 N–H and O–H groups in total. The molecule has 1 fully saturated rings. The molecule has 142 valence electrons. The van der Waals surface area contributed by atoms with Crippen LogP contribution in [-0.4, -0.2) is 43.6 Å². The van der Waals surface area contributed by atoms with Gasteiger partial charge < -0.3 is 15.0 Å². The van der Waals surface area contributed by atoms with E-state index in [0.717, 1.165) is 44.2 Å².